The van der Waals surface area contributed by atoms with Crippen LogP contribution in [0.15, 0.2) is 47.0 Å². The first kappa shape index (κ1) is 19.6. The molecule has 2 heterocycles. The number of anilines is 2. The first-order valence-corrected chi connectivity index (χ1v) is 9.47. The zero-order chi connectivity index (χ0) is 21.3. The molecule has 3 amide bonds. The lowest BCUT2D eigenvalue weighted by Gasteiger charge is -2.15. The van der Waals surface area contributed by atoms with E-state index in [1.165, 1.54) is 35.2 Å². The van der Waals surface area contributed by atoms with Crippen LogP contribution in [-0.4, -0.2) is 35.5 Å². The zero-order valence-corrected chi connectivity index (χ0v) is 16.2. The Morgan fingerprint density at radius 3 is 2.33 bits per heavy atom. The highest BCUT2D eigenvalue weighted by atomic mass is 16.5. The molecule has 30 heavy (non-hydrogen) atoms. The van der Waals surface area contributed by atoms with Gasteiger partial charge in [-0.3, -0.25) is 19.3 Å². The second kappa shape index (κ2) is 7.94. The minimum absolute atomic E-state index is 0.196. The van der Waals surface area contributed by atoms with Crippen molar-refractivity contribution in [2.75, 3.05) is 16.8 Å². The summed E-state index contributed by atoms with van der Waals surface area (Å²) in [6.07, 6.45) is 4.97. The van der Waals surface area contributed by atoms with E-state index in [9.17, 15) is 19.2 Å². The van der Waals surface area contributed by atoms with Crippen LogP contribution in [0.2, 0.25) is 0 Å². The number of nitrogens with one attached hydrogen (secondary N) is 1. The number of allylic oxidation sites excluding steroid dienone is 2. The number of rotatable bonds is 5. The summed E-state index contributed by atoms with van der Waals surface area (Å²) in [4.78, 5) is 50.4. The van der Waals surface area contributed by atoms with E-state index in [1.54, 1.807) is 6.92 Å². The first-order valence-electron chi connectivity index (χ1n) is 9.47. The molecule has 2 aliphatic rings. The van der Waals surface area contributed by atoms with E-state index in [0.717, 1.165) is 0 Å². The van der Waals surface area contributed by atoms with Crippen molar-refractivity contribution in [2.45, 2.75) is 19.8 Å². The molecular formula is C21H19N3O6. The van der Waals surface area contributed by atoms with Gasteiger partial charge in [0.2, 0.25) is 11.8 Å². The number of imide groups is 1. The molecular weight excluding hydrogens is 390 g/mol. The number of aryl methyl sites for hydroxylation is 1. The number of aromatic nitrogens is 1. The highest BCUT2D eigenvalue weighted by Gasteiger charge is 2.47. The van der Waals surface area contributed by atoms with E-state index >= 15 is 0 Å². The van der Waals surface area contributed by atoms with Gasteiger partial charge >= 0.3 is 5.97 Å². The summed E-state index contributed by atoms with van der Waals surface area (Å²) in [5, 5.41) is 6.06. The Balaban J connectivity index is 1.36. The topological polar surface area (TPSA) is 119 Å². The Labute approximate surface area is 171 Å². The highest BCUT2D eigenvalue weighted by molar-refractivity contribution is 6.22. The van der Waals surface area contributed by atoms with Gasteiger partial charge in [0.15, 0.2) is 12.4 Å². The van der Waals surface area contributed by atoms with E-state index in [1.807, 2.05) is 12.2 Å². The second-order valence-electron chi connectivity index (χ2n) is 7.16. The number of carbonyl (C=O) groups excluding carboxylic acids is 4. The SMILES string of the molecule is Cc1cc(NC(=O)COC(=O)c2ccc(N3C(=O)[C@H]4CC=CC[C@H]4C3=O)cc2)no1. The molecule has 1 fully saturated rings. The average Bonchev–Trinajstić information content (AvgIpc) is 3.27. The molecule has 2 atom stereocenters. The average molecular weight is 409 g/mol. The van der Waals surface area contributed by atoms with Crippen LogP contribution in [0.1, 0.15) is 29.0 Å². The maximum atomic E-state index is 12.6. The van der Waals surface area contributed by atoms with Crippen LogP contribution >= 0.6 is 0 Å². The van der Waals surface area contributed by atoms with Crippen molar-refractivity contribution in [1.82, 2.24) is 5.16 Å². The van der Waals surface area contributed by atoms with E-state index < -0.39 is 18.5 Å². The molecule has 154 valence electrons. The van der Waals surface area contributed by atoms with Crippen molar-refractivity contribution < 1.29 is 28.4 Å². The van der Waals surface area contributed by atoms with E-state index in [2.05, 4.69) is 10.5 Å². The summed E-state index contributed by atoms with van der Waals surface area (Å²) in [6.45, 7) is 1.19. The van der Waals surface area contributed by atoms with Crippen molar-refractivity contribution in [1.29, 1.82) is 0 Å². The van der Waals surface area contributed by atoms with Gasteiger partial charge in [-0.15, -0.1) is 0 Å². The molecule has 9 nitrogen and oxygen atoms in total. The summed E-state index contributed by atoms with van der Waals surface area (Å²) in [6, 6.07) is 7.49. The third-order valence-corrected chi connectivity index (χ3v) is 5.10. The van der Waals surface area contributed by atoms with Crippen molar-refractivity contribution >= 4 is 35.2 Å². The van der Waals surface area contributed by atoms with Gasteiger partial charge in [0.25, 0.3) is 5.91 Å². The quantitative estimate of drug-likeness (QED) is 0.457. The fraction of sp³-hybridized carbons (Fsp3) is 0.286. The lowest BCUT2D eigenvalue weighted by Crippen LogP contribution is -2.30. The Bertz CT molecular complexity index is 1010. The predicted octanol–water partition coefficient (Wildman–Crippen LogP) is 2.23. The van der Waals surface area contributed by atoms with Crippen LogP contribution in [-0.2, 0) is 19.1 Å². The molecule has 0 bridgehead atoms. The number of esters is 1. The molecule has 1 aromatic heterocycles. The Hall–Kier alpha value is -3.75. The minimum Gasteiger partial charge on any atom is -0.452 e. The number of hydrogen-bond donors (Lipinski definition) is 1. The molecule has 0 spiro atoms. The minimum atomic E-state index is -0.704. The number of carbonyl (C=O) groups is 4. The standard InChI is InChI=1S/C21H19N3O6/c1-12-10-17(23-30-12)22-18(25)11-29-21(28)13-6-8-14(9-7-13)24-19(26)15-4-2-3-5-16(15)20(24)27/h2-3,6-10,15-16H,4-5,11H2,1H3,(H,22,23,25)/t15-,16+. The van der Waals surface area contributed by atoms with Crippen molar-refractivity contribution in [3.63, 3.8) is 0 Å². The number of ether oxygens (including phenoxy) is 1. The van der Waals surface area contributed by atoms with Gasteiger partial charge in [0, 0.05) is 6.07 Å². The number of nitrogens with zero attached hydrogens (tertiary/aromatic N) is 2. The molecule has 0 radical (unpaired) electrons. The third-order valence-electron chi connectivity index (χ3n) is 5.10. The maximum Gasteiger partial charge on any atom is 0.338 e. The van der Waals surface area contributed by atoms with Gasteiger partial charge in [-0.1, -0.05) is 17.3 Å². The monoisotopic (exact) mass is 409 g/mol. The second-order valence-corrected chi connectivity index (χ2v) is 7.16. The fourth-order valence-electron chi connectivity index (χ4n) is 3.62. The van der Waals surface area contributed by atoms with Crippen molar-refractivity contribution in [3.05, 3.63) is 53.8 Å². The number of hydrogen-bond acceptors (Lipinski definition) is 7. The predicted molar refractivity (Wildman–Crippen MR) is 104 cm³/mol. The molecule has 1 aromatic carbocycles. The van der Waals surface area contributed by atoms with Crippen molar-refractivity contribution in [3.8, 4) is 0 Å². The summed E-state index contributed by atoms with van der Waals surface area (Å²) in [5.74, 6) is -1.57. The fourth-order valence-corrected chi connectivity index (χ4v) is 3.62. The lowest BCUT2D eigenvalue weighted by molar-refractivity contribution is -0.122. The summed E-state index contributed by atoms with van der Waals surface area (Å²) in [7, 11) is 0. The molecule has 0 unspecified atom stereocenters. The van der Waals surface area contributed by atoms with Crippen LogP contribution in [0.5, 0.6) is 0 Å². The van der Waals surface area contributed by atoms with E-state index in [0.29, 0.717) is 24.3 Å². The molecule has 2 aromatic rings. The summed E-state index contributed by atoms with van der Waals surface area (Å²) < 4.78 is 9.82. The molecule has 9 heteroatoms. The van der Waals surface area contributed by atoms with Crippen LogP contribution in [0.3, 0.4) is 0 Å². The van der Waals surface area contributed by atoms with Crippen LogP contribution in [0.25, 0.3) is 0 Å². The lowest BCUT2D eigenvalue weighted by atomic mass is 9.85. The molecule has 4 rings (SSSR count). The smallest absolute Gasteiger partial charge is 0.338 e. The first-order chi connectivity index (χ1) is 14.4. The van der Waals surface area contributed by atoms with Gasteiger partial charge in [-0.25, -0.2) is 4.79 Å². The van der Waals surface area contributed by atoms with Crippen LogP contribution < -0.4 is 10.2 Å². The van der Waals surface area contributed by atoms with Crippen LogP contribution in [0.4, 0.5) is 11.5 Å². The number of fused-ring (bicyclic) bond motifs is 1. The van der Waals surface area contributed by atoms with E-state index in [4.69, 9.17) is 9.26 Å². The van der Waals surface area contributed by atoms with Gasteiger partial charge < -0.3 is 14.6 Å². The molecule has 1 aliphatic carbocycles. The van der Waals surface area contributed by atoms with E-state index in [-0.39, 0.29) is 35.0 Å². The molecule has 1 saturated heterocycles. The molecule has 0 saturated carbocycles. The zero-order valence-electron chi connectivity index (χ0n) is 16.2. The van der Waals surface area contributed by atoms with Crippen molar-refractivity contribution in [2.24, 2.45) is 11.8 Å². The van der Waals surface area contributed by atoms with Gasteiger partial charge in [-0.05, 0) is 44.0 Å². The summed E-state index contributed by atoms with van der Waals surface area (Å²) >= 11 is 0. The highest BCUT2D eigenvalue weighted by Crippen LogP contribution is 2.37. The maximum absolute atomic E-state index is 12.6. The Morgan fingerprint density at radius 2 is 1.77 bits per heavy atom. The molecule has 1 aliphatic heterocycles. The Kier molecular flexibility index (Phi) is 5.18. The number of benzene rings is 1. The van der Waals surface area contributed by atoms with Gasteiger partial charge in [0.05, 0.1) is 23.1 Å². The normalized spacial score (nSPS) is 20.2. The van der Waals surface area contributed by atoms with Gasteiger partial charge in [0.1, 0.15) is 5.76 Å². The summed E-state index contributed by atoms with van der Waals surface area (Å²) in [5.41, 5.74) is 0.608. The molecule has 1 N–H and O–H groups in total. The largest absolute Gasteiger partial charge is 0.452 e. The third kappa shape index (κ3) is 3.73. The number of amides is 3. The Morgan fingerprint density at radius 1 is 1.13 bits per heavy atom. The van der Waals surface area contributed by atoms with Gasteiger partial charge in [-0.2, -0.15) is 0 Å². The van der Waals surface area contributed by atoms with Crippen LogP contribution in [0, 0.1) is 18.8 Å².